The molecular formula is C47H60NO11PSSi. The van der Waals surface area contributed by atoms with Gasteiger partial charge in [0, 0.05) is 29.8 Å². The van der Waals surface area contributed by atoms with Gasteiger partial charge in [0.1, 0.15) is 23.4 Å². The lowest BCUT2D eigenvalue weighted by Crippen LogP contribution is -2.67. The van der Waals surface area contributed by atoms with E-state index in [1.54, 1.807) is 64.2 Å². The third-order valence-corrected chi connectivity index (χ3v) is 17.7. The Morgan fingerprint density at radius 2 is 1.37 bits per heavy atom. The highest BCUT2D eigenvalue weighted by atomic mass is 32.2. The van der Waals surface area contributed by atoms with E-state index in [1.807, 2.05) is 12.1 Å². The lowest BCUT2D eigenvalue weighted by molar-refractivity contribution is 0.0989. The second-order valence-corrected chi connectivity index (χ2v) is 24.2. The van der Waals surface area contributed by atoms with Crippen LogP contribution >= 0.6 is 7.60 Å². The normalized spacial score (nSPS) is 13.1. The van der Waals surface area contributed by atoms with Gasteiger partial charge >= 0.3 is 7.60 Å². The Morgan fingerprint density at radius 3 is 1.84 bits per heavy atom. The van der Waals surface area contributed by atoms with Crippen LogP contribution in [0.1, 0.15) is 70.1 Å². The summed E-state index contributed by atoms with van der Waals surface area (Å²) < 4.78 is 65.1. The lowest BCUT2D eigenvalue weighted by Gasteiger charge is -2.43. The van der Waals surface area contributed by atoms with Crippen molar-refractivity contribution in [2.75, 3.05) is 32.7 Å². The van der Waals surface area contributed by atoms with Crippen LogP contribution in [0.2, 0.25) is 5.04 Å². The second-order valence-electron chi connectivity index (χ2n) is 15.8. The topological polar surface area (TPSA) is 168 Å². The number of aliphatic hydroxyl groups is 2. The number of aliphatic hydroxyl groups excluding tert-OH is 2. The van der Waals surface area contributed by atoms with Crippen molar-refractivity contribution in [3.8, 4) is 17.2 Å². The maximum absolute atomic E-state index is 13.2. The van der Waals surface area contributed by atoms with Gasteiger partial charge in [-0.05, 0) is 91.1 Å². The molecular weight excluding hydrogens is 846 g/mol. The predicted octanol–water partition coefficient (Wildman–Crippen LogP) is 8.17. The highest BCUT2D eigenvalue weighted by molar-refractivity contribution is 7.90. The van der Waals surface area contributed by atoms with Crippen molar-refractivity contribution in [3.05, 3.63) is 138 Å². The average molecular weight is 906 g/mol. The molecule has 1 heterocycles. The molecule has 0 saturated carbocycles. The molecule has 5 rings (SSSR count). The van der Waals surface area contributed by atoms with Gasteiger partial charge in [-0.15, -0.1) is 0 Å². The molecule has 15 heteroatoms. The smallest absolute Gasteiger partial charge is 0.335 e. The first kappa shape index (κ1) is 50.1. The largest absolute Gasteiger partial charge is 0.488 e. The Labute approximate surface area is 367 Å². The van der Waals surface area contributed by atoms with Crippen LogP contribution in [-0.2, 0) is 40.5 Å². The van der Waals surface area contributed by atoms with Crippen molar-refractivity contribution < 1.29 is 50.9 Å². The number of rotatable bonds is 20. The molecule has 12 nitrogen and oxygen atoms in total. The lowest BCUT2D eigenvalue weighted by atomic mass is 10.0. The van der Waals surface area contributed by atoms with Gasteiger partial charge in [-0.25, -0.2) is 8.42 Å². The first-order valence-corrected chi connectivity index (χ1v) is 26.0. The average Bonchev–Trinajstić information content (AvgIpc) is 3.22. The van der Waals surface area contributed by atoms with Crippen LogP contribution in [0.3, 0.4) is 0 Å². The molecule has 62 heavy (non-hydrogen) atoms. The number of carbonyl (C=O) groups excluding carboxylic acids is 1. The standard InChI is InChI=1S/C28H34NO9PS.C19H26O2Si/c1-5-35-39(32,36-6-2)19-21-7-8-23(29-17-21)15-28(31)22-13-25(37-20(3)18-30)16-26(14-22)38-24-9-11-27(12-10-24)40(4,33)34;1-16(20)15-21-22(19(2,3)4,17-11-7-5-8-12-17)18-13-9-6-10-14-18/h7-14,16-17,20,30H,5-6,15,18-19H2,1-4H3;5-14,16,20H,15H2,1-4H3/t20-;16-/m01/s1. The number of hydrogen-bond donors (Lipinski definition) is 2. The van der Waals surface area contributed by atoms with E-state index in [2.05, 4.69) is 74.3 Å². The second kappa shape index (κ2) is 22.7. The SMILES string of the molecule is CCOP(=O)(Cc1ccc(CC(=O)c2cc(Oc3ccc(S(C)(=O)=O)cc3)cc(O[C@@H](C)CO)c2)nc1)OCC.C[C@@H](O)CO[Si](c1ccccc1)(c1ccccc1)C(C)(C)C. The Hall–Kier alpha value is -4.50. The maximum Gasteiger partial charge on any atom is 0.335 e. The first-order valence-electron chi connectivity index (χ1n) is 20.5. The highest BCUT2D eigenvalue weighted by Crippen LogP contribution is 2.51. The fraction of sp³-hybridized carbons (Fsp3) is 0.362. The molecule has 0 bridgehead atoms. The fourth-order valence-corrected chi connectivity index (χ4v) is 13.6. The van der Waals surface area contributed by atoms with Gasteiger partial charge in [-0.2, -0.15) is 0 Å². The molecule has 4 aromatic carbocycles. The molecule has 1 aromatic heterocycles. The zero-order valence-corrected chi connectivity index (χ0v) is 39.5. The maximum atomic E-state index is 13.2. The van der Waals surface area contributed by atoms with Gasteiger partial charge in [0.25, 0.3) is 8.32 Å². The number of nitrogens with zero attached hydrogens (tertiary/aromatic N) is 1. The molecule has 0 fully saturated rings. The van der Waals surface area contributed by atoms with Crippen molar-refractivity contribution in [2.24, 2.45) is 0 Å². The fourth-order valence-electron chi connectivity index (χ4n) is 6.69. The number of sulfone groups is 1. The van der Waals surface area contributed by atoms with Crippen LogP contribution in [0.5, 0.6) is 17.2 Å². The van der Waals surface area contributed by atoms with Gasteiger partial charge in [0.2, 0.25) is 0 Å². The monoisotopic (exact) mass is 905 g/mol. The number of ether oxygens (including phenoxy) is 2. The number of carbonyl (C=O) groups is 1. The number of benzene rings is 4. The first-order chi connectivity index (χ1) is 29.3. The molecule has 5 aromatic rings. The summed E-state index contributed by atoms with van der Waals surface area (Å²) in [4.78, 5) is 17.7. The van der Waals surface area contributed by atoms with Gasteiger partial charge in [0.15, 0.2) is 15.6 Å². The van der Waals surface area contributed by atoms with E-state index in [0.717, 1.165) is 6.26 Å². The van der Waals surface area contributed by atoms with Crippen LogP contribution in [0, 0.1) is 0 Å². The van der Waals surface area contributed by atoms with E-state index >= 15 is 0 Å². The Morgan fingerprint density at radius 1 is 0.806 bits per heavy atom. The van der Waals surface area contributed by atoms with Crippen molar-refractivity contribution in [2.45, 2.75) is 83.2 Å². The summed E-state index contributed by atoms with van der Waals surface area (Å²) >= 11 is 0. The summed E-state index contributed by atoms with van der Waals surface area (Å²) in [5.41, 5.74) is 1.46. The number of hydrogen-bond acceptors (Lipinski definition) is 12. The molecule has 0 amide bonds. The number of pyridine rings is 1. The molecule has 0 radical (unpaired) electrons. The van der Waals surface area contributed by atoms with E-state index in [0.29, 0.717) is 40.7 Å². The highest BCUT2D eigenvalue weighted by Gasteiger charge is 2.50. The van der Waals surface area contributed by atoms with Crippen molar-refractivity contribution >= 4 is 41.9 Å². The minimum absolute atomic E-state index is 0.0175. The van der Waals surface area contributed by atoms with Crippen molar-refractivity contribution in [1.82, 2.24) is 4.98 Å². The number of ketones is 1. The van der Waals surface area contributed by atoms with E-state index in [9.17, 15) is 28.0 Å². The summed E-state index contributed by atoms with van der Waals surface area (Å²) in [6.07, 6.45) is 1.73. The van der Waals surface area contributed by atoms with Crippen molar-refractivity contribution in [1.29, 1.82) is 0 Å². The number of Topliss-reactive ketones (excluding diaryl/α,β-unsaturated/α-hetero) is 1. The van der Waals surface area contributed by atoms with Crippen LogP contribution in [0.4, 0.5) is 0 Å². The van der Waals surface area contributed by atoms with E-state index in [1.165, 1.54) is 34.6 Å². The Kier molecular flexibility index (Phi) is 18.4. The van der Waals surface area contributed by atoms with Crippen LogP contribution in [0.25, 0.3) is 0 Å². The van der Waals surface area contributed by atoms with Crippen LogP contribution in [0.15, 0.2) is 126 Å². The molecule has 334 valence electrons. The summed E-state index contributed by atoms with van der Waals surface area (Å²) in [5, 5.41) is 21.6. The van der Waals surface area contributed by atoms with E-state index < -0.39 is 38.0 Å². The predicted molar refractivity (Wildman–Crippen MR) is 245 cm³/mol. The number of aromatic nitrogens is 1. The van der Waals surface area contributed by atoms with Gasteiger partial charge in [-0.1, -0.05) is 87.5 Å². The Bertz CT molecular complexity index is 2270. The third kappa shape index (κ3) is 14.3. The summed E-state index contributed by atoms with van der Waals surface area (Å²) in [5.74, 6) is 0.728. The molecule has 0 aliphatic heterocycles. The van der Waals surface area contributed by atoms with Crippen LogP contribution < -0.4 is 19.8 Å². The Balaban J connectivity index is 0.000000323. The minimum atomic E-state index is -3.36. The molecule has 2 atom stereocenters. The molecule has 0 saturated heterocycles. The van der Waals surface area contributed by atoms with Gasteiger partial charge < -0.3 is 33.2 Å². The molecule has 0 aliphatic rings. The summed E-state index contributed by atoms with van der Waals surface area (Å²) in [6.45, 7) is 14.3. The van der Waals surface area contributed by atoms with E-state index in [4.69, 9.17) is 22.9 Å². The zero-order chi connectivity index (χ0) is 45.6. The van der Waals surface area contributed by atoms with Gasteiger partial charge in [-0.3, -0.25) is 14.3 Å². The summed E-state index contributed by atoms with van der Waals surface area (Å²) in [6, 6.07) is 35.0. The molecule has 2 N–H and O–H groups in total. The minimum Gasteiger partial charge on any atom is -0.488 e. The quantitative estimate of drug-likeness (QED) is 0.0438. The molecule has 0 spiro atoms. The molecule has 0 unspecified atom stereocenters. The summed E-state index contributed by atoms with van der Waals surface area (Å²) in [7, 11) is -9.11. The van der Waals surface area contributed by atoms with Crippen molar-refractivity contribution in [3.63, 3.8) is 0 Å². The zero-order valence-electron chi connectivity index (χ0n) is 36.8. The van der Waals surface area contributed by atoms with Crippen LogP contribution in [-0.4, -0.2) is 82.6 Å². The van der Waals surface area contributed by atoms with Gasteiger partial charge in [0.05, 0.1) is 50.0 Å². The van der Waals surface area contributed by atoms with E-state index in [-0.39, 0.29) is 48.1 Å². The molecule has 0 aliphatic carbocycles. The third-order valence-electron chi connectivity index (χ3n) is 9.50.